The summed E-state index contributed by atoms with van der Waals surface area (Å²) < 4.78 is 12.0. The summed E-state index contributed by atoms with van der Waals surface area (Å²) >= 11 is 0. The number of hydrogen-bond donors (Lipinski definition) is 1. The van der Waals surface area contributed by atoms with Crippen LogP contribution in [-0.2, 0) is 6.42 Å². The highest BCUT2D eigenvalue weighted by molar-refractivity contribution is 6.04. The van der Waals surface area contributed by atoms with Crippen LogP contribution >= 0.6 is 0 Å². The Morgan fingerprint density at radius 3 is 2.50 bits per heavy atom. The normalized spacial score (nSPS) is 10.8. The molecule has 0 atom stereocenters. The molecule has 0 unspecified atom stereocenters. The number of methoxy groups -OCH3 is 1. The first-order valence-corrected chi connectivity index (χ1v) is 9.52. The first-order chi connectivity index (χ1) is 14.6. The van der Waals surface area contributed by atoms with Gasteiger partial charge in [-0.3, -0.25) is 4.79 Å². The van der Waals surface area contributed by atoms with Crippen LogP contribution in [0.1, 0.15) is 28.9 Å². The molecule has 1 N–H and O–H groups in total. The largest absolute Gasteiger partial charge is 0.497 e. The molecule has 0 saturated heterocycles. The molecule has 0 aliphatic carbocycles. The number of aromatic nitrogens is 4. The molecule has 2 aromatic carbocycles. The summed E-state index contributed by atoms with van der Waals surface area (Å²) in [5.74, 6) is 1.66. The number of aryl methyl sites for hydroxylation is 2. The molecule has 4 aromatic rings. The molecule has 0 radical (unpaired) electrons. The van der Waals surface area contributed by atoms with Crippen LogP contribution in [-0.4, -0.2) is 32.9 Å². The second-order valence-electron chi connectivity index (χ2n) is 6.67. The molecule has 30 heavy (non-hydrogen) atoms. The van der Waals surface area contributed by atoms with Gasteiger partial charge in [0.05, 0.1) is 24.1 Å². The highest BCUT2D eigenvalue weighted by Crippen LogP contribution is 2.20. The molecule has 2 aromatic heterocycles. The summed E-state index contributed by atoms with van der Waals surface area (Å²) in [6.45, 7) is 3.77. The van der Waals surface area contributed by atoms with Gasteiger partial charge in [-0.1, -0.05) is 12.1 Å². The van der Waals surface area contributed by atoms with E-state index < -0.39 is 0 Å². The van der Waals surface area contributed by atoms with Gasteiger partial charge < -0.3 is 14.6 Å². The van der Waals surface area contributed by atoms with Crippen molar-refractivity contribution in [1.82, 2.24) is 19.9 Å². The lowest BCUT2D eigenvalue weighted by molar-refractivity contribution is 0.102. The van der Waals surface area contributed by atoms with Gasteiger partial charge in [-0.25, -0.2) is 4.68 Å². The van der Waals surface area contributed by atoms with Gasteiger partial charge in [0.2, 0.25) is 11.7 Å². The minimum atomic E-state index is -0.223. The van der Waals surface area contributed by atoms with Crippen LogP contribution in [0.2, 0.25) is 0 Å². The molecule has 8 nitrogen and oxygen atoms in total. The van der Waals surface area contributed by atoms with Crippen LogP contribution in [0, 0.1) is 6.92 Å². The van der Waals surface area contributed by atoms with E-state index in [4.69, 9.17) is 9.26 Å². The van der Waals surface area contributed by atoms with Gasteiger partial charge in [0.25, 0.3) is 5.91 Å². The molecule has 2 heterocycles. The molecule has 0 bridgehead atoms. The third-order valence-electron chi connectivity index (χ3n) is 4.65. The molecule has 1 amide bonds. The number of benzene rings is 2. The minimum Gasteiger partial charge on any atom is -0.497 e. The predicted molar refractivity (Wildman–Crippen MR) is 112 cm³/mol. The van der Waals surface area contributed by atoms with Crippen molar-refractivity contribution < 1.29 is 14.1 Å². The zero-order valence-electron chi connectivity index (χ0n) is 16.9. The van der Waals surface area contributed by atoms with Crippen LogP contribution in [0.4, 0.5) is 5.69 Å². The van der Waals surface area contributed by atoms with Crippen molar-refractivity contribution >= 4 is 11.6 Å². The van der Waals surface area contributed by atoms with Crippen LogP contribution < -0.4 is 10.1 Å². The summed E-state index contributed by atoms with van der Waals surface area (Å²) in [6.07, 6.45) is 2.41. The Labute approximate surface area is 173 Å². The number of carbonyl (C=O) groups is 1. The third-order valence-corrected chi connectivity index (χ3v) is 4.65. The Bertz CT molecular complexity index is 1160. The van der Waals surface area contributed by atoms with E-state index in [-0.39, 0.29) is 5.91 Å². The first-order valence-electron chi connectivity index (χ1n) is 9.52. The number of amides is 1. The van der Waals surface area contributed by atoms with Crippen LogP contribution in [0.25, 0.3) is 17.1 Å². The molecule has 152 valence electrons. The third kappa shape index (κ3) is 3.93. The topological polar surface area (TPSA) is 95.1 Å². The monoisotopic (exact) mass is 403 g/mol. The average molecular weight is 403 g/mol. The van der Waals surface area contributed by atoms with E-state index in [0.29, 0.717) is 35.1 Å². The standard InChI is InChI=1S/C22H21N5O3/c1-4-20-24-21(26-30-20)15-5-9-17(10-6-15)27-13-19(14(2)25-27)22(28)23-16-7-11-18(29-3)12-8-16/h5-13H,4H2,1-3H3,(H,23,28). The molecule has 0 fully saturated rings. The molecule has 0 spiro atoms. The lowest BCUT2D eigenvalue weighted by Gasteiger charge is -2.05. The molecular formula is C22H21N5O3. The fourth-order valence-electron chi connectivity index (χ4n) is 2.97. The summed E-state index contributed by atoms with van der Waals surface area (Å²) in [5, 5.41) is 11.3. The summed E-state index contributed by atoms with van der Waals surface area (Å²) in [6, 6.07) is 14.8. The maximum Gasteiger partial charge on any atom is 0.259 e. The van der Waals surface area contributed by atoms with Crippen molar-refractivity contribution in [3.05, 3.63) is 71.9 Å². The van der Waals surface area contributed by atoms with E-state index in [0.717, 1.165) is 17.0 Å². The van der Waals surface area contributed by atoms with Crippen molar-refractivity contribution in [2.24, 2.45) is 0 Å². The van der Waals surface area contributed by atoms with Gasteiger partial charge >= 0.3 is 0 Å². The fraction of sp³-hybridized carbons (Fsp3) is 0.182. The predicted octanol–water partition coefficient (Wildman–Crippen LogP) is 4.05. The highest BCUT2D eigenvalue weighted by Gasteiger charge is 2.15. The van der Waals surface area contributed by atoms with Crippen LogP contribution in [0.5, 0.6) is 5.75 Å². The van der Waals surface area contributed by atoms with Gasteiger partial charge in [0.1, 0.15) is 5.75 Å². The van der Waals surface area contributed by atoms with Gasteiger partial charge in [-0.2, -0.15) is 10.1 Å². The summed E-state index contributed by atoms with van der Waals surface area (Å²) in [4.78, 5) is 17.0. The molecule has 0 aliphatic heterocycles. The van der Waals surface area contributed by atoms with Crippen molar-refractivity contribution in [1.29, 1.82) is 0 Å². The van der Waals surface area contributed by atoms with E-state index in [9.17, 15) is 4.79 Å². The number of hydrogen-bond acceptors (Lipinski definition) is 6. The number of ether oxygens (including phenoxy) is 1. The highest BCUT2D eigenvalue weighted by atomic mass is 16.5. The second kappa shape index (κ2) is 8.20. The van der Waals surface area contributed by atoms with Gasteiger partial charge in [-0.05, 0) is 55.5 Å². The Morgan fingerprint density at radius 1 is 1.13 bits per heavy atom. The fourth-order valence-corrected chi connectivity index (χ4v) is 2.97. The van der Waals surface area contributed by atoms with E-state index in [1.165, 1.54) is 0 Å². The average Bonchev–Trinajstić information content (AvgIpc) is 3.41. The SMILES string of the molecule is CCc1nc(-c2ccc(-n3cc(C(=O)Nc4ccc(OC)cc4)c(C)n3)cc2)no1. The lowest BCUT2D eigenvalue weighted by Crippen LogP contribution is -2.12. The van der Waals surface area contributed by atoms with Gasteiger partial charge in [-0.15, -0.1) is 0 Å². The van der Waals surface area contributed by atoms with Crippen molar-refractivity contribution in [2.45, 2.75) is 20.3 Å². The zero-order chi connectivity index (χ0) is 21.1. The van der Waals surface area contributed by atoms with E-state index in [1.54, 1.807) is 49.2 Å². The smallest absolute Gasteiger partial charge is 0.259 e. The second-order valence-corrected chi connectivity index (χ2v) is 6.67. The molecule has 4 rings (SSSR count). The Kier molecular flexibility index (Phi) is 5.30. The maximum absolute atomic E-state index is 12.7. The van der Waals surface area contributed by atoms with Gasteiger partial charge in [0.15, 0.2) is 0 Å². The van der Waals surface area contributed by atoms with E-state index >= 15 is 0 Å². The number of nitrogens with zero attached hydrogens (tertiary/aromatic N) is 4. The minimum absolute atomic E-state index is 0.223. The number of nitrogens with one attached hydrogen (secondary N) is 1. The quantitative estimate of drug-likeness (QED) is 0.522. The maximum atomic E-state index is 12.7. The number of anilines is 1. The molecular weight excluding hydrogens is 382 g/mol. The molecule has 0 aliphatic rings. The molecule has 8 heteroatoms. The lowest BCUT2D eigenvalue weighted by atomic mass is 10.2. The molecule has 0 saturated carbocycles. The van der Waals surface area contributed by atoms with Gasteiger partial charge in [0, 0.05) is 23.9 Å². The van der Waals surface area contributed by atoms with E-state index in [2.05, 4.69) is 20.6 Å². The zero-order valence-corrected chi connectivity index (χ0v) is 16.9. The van der Waals surface area contributed by atoms with Crippen LogP contribution in [0.3, 0.4) is 0 Å². The summed E-state index contributed by atoms with van der Waals surface area (Å²) in [7, 11) is 1.60. The Morgan fingerprint density at radius 2 is 1.87 bits per heavy atom. The number of rotatable bonds is 6. The number of carbonyl (C=O) groups excluding carboxylic acids is 1. The van der Waals surface area contributed by atoms with Crippen molar-refractivity contribution in [2.75, 3.05) is 12.4 Å². The van der Waals surface area contributed by atoms with Crippen LogP contribution in [0.15, 0.2) is 59.3 Å². The van der Waals surface area contributed by atoms with E-state index in [1.807, 2.05) is 31.2 Å². The first kappa shape index (κ1) is 19.4. The summed E-state index contributed by atoms with van der Waals surface area (Å²) in [5.41, 5.74) is 3.49. The Balaban J connectivity index is 1.52. The Hall–Kier alpha value is -3.94. The van der Waals surface area contributed by atoms with Crippen molar-refractivity contribution in [3.63, 3.8) is 0 Å². The van der Waals surface area contributed by atoms with Crippen molar-refractivity contribution in [3.8, 4) is 22.8 Å².